The molecule has 0 aliphatic carbocycles. The van der Waals surface area contributed by atoms with Crippen LogP contribution in [0.25, 0.3) is 0 Å². The highest BCUT2D eigenvalue weighted by Crippen LogP contribution is 2.19. The van der Waals surface area contributed by atoms with Gasteiger partial charge in [0.15, 0.2) is 9.84 Å². The number of rotatable bonds is 4. The zero-order chi connectivity index (χ0) is 15.6. The Balaban J connectivity index is 1.68. The zero-order valence-electron chi connectivity index (χ0n) is 11.7. The Morgan fingerprint density at radius 1 is 1.18 bits per heavy atom. The van der Waals surface area contributed by atoms with Crippen molar-refractivity contribution in [2.45, 2.75) is 12.5 Å². The molecule has 1 aliphatic rings. The monoisotopic (exact) mass is 338 g/mol. The molecule has 22 heavy (non-hydrogen) atoms. The number of halogens is 1. The first-order valence-corrected chi connectivity index (χ1v) is 9.03. The number of hydrogen-bond donors (Lipinski definition) is 2. The van der Waals surface area contributed by atoms with E-state index in [0.717, 1.165) is 5.69 Å². The second kappa shape index (κ2) is 6.10. The third-order valence-corrected chi connectivity index (χ3v) is 5.36. The van der Waals surface area contributed by atoms with E-state index in [1.165, 1.54) is 0 Å². The van der Waals surface area contributed by atoms with Crippen molar-refractivity contribution in [3.63, 3.8) is 0 Å². The molecule has 1 aromatic heterocycles. The van der Waals surface area contributed by atoms with Gasteiger partial charge in [-0.05, 0) is 36.8 Å². The maximum absolute atomic E-state index is 11.5. The maximum Gasteiger partial charge on any atom is 0.229 e. The van der Waals surface area contributed by atoms with Gasteiger partial charge in [0, 0.05) is 22.9 Å². The van der Waals surface area contributed by atoms with Crippen LogP contribution in [0.3, 0.4) is 0 Å². The van der Waals surface area contributed by atoms with E-state index in [4.69, 9.17) is 11.6 Å². The van der Waals surface area contributed by atoms with Crippen molar-refractivity contribution >= 4 is 38.9 Å². The van der Waals surface area contributed by atoms with Gasteiger partial charge in [-0.1, -0.05) is 11.6 Å². The van der Waals surface area contributed by atoms with Crippen LogP contribution in [0.15, 0.2) is 36.5 Å². The van der Waals surface area contributed by atoms with E-state index in [1.54, 1.807) is 24.4 Å². The molecule has 0 bridgehead atoms. The van der Waals surface area contributed by atoms with Gasteiger partial charge in [-0.3, -0.25) is 0 Å². The Hall–Kier alpha value is -1.86. The van der Waals surface area contributed by atoms with Crippen LogP contribution in [-0.2, 0) is 9.84 Å². The minimum absolute atomic E-state index is 0.0942. The topological polar surface area (TPSA) is 84.0 Å². The molecule has 2 heterocycles. The molecule has 0 saturated carbocycles. The van der Waals surface area contributed by atoms with Crippen LogP contribution < -0.4 is 10.6 Å². The molecule has 0 radical (unpaired) electrons. The average molecular weight is 339 g/mol. The number of aromatic nitrogens is 2. The lowest BCUT2D eigenvalue weighted by atomic mass is 10.2. The Labute approximate surface area is 133 Å². The van der Waals surface area contributed by atoms with Crippen LogP contribution in [0.4, 0.5) is 17.5 Å². The quantitative estimate of drug-likeness (QED) is 0.891. The molecule has 2 aromatic rings. The first kappa shape index (κ1) is 15.1. The van der Waals surface area contributed by atoms with E-state index >= 15 is 0 Å². The Morgan fingerprint density at radius 3 is 2.64 bits per heavy atom. The van der Waals surface area contributed by atoms with E-state index in [1.807, 2.05) is 12.1 Å². The van der Waals surface area contributed by atoms with Gasteiger partial charge in [0.2, 0.25) is 5.95 Å². The fourth-order valence-corrected chi connectivity index (χ4v) is 4.08. The summed E-state index contributed by atoms with van der Waals surface area (Å²) < 4.78 is 22.9. The van der Waals surface area contributed by atoms with Gasteiger partial charge in [-0.15, -0.1) is 0 Å². The minimum atomic E-state index is -2.91. The van der Waals surface area contributed by atoms with Gasteiger partial charge in [-0.25, -0.2) is 13.4 Å². The molecule has 1 fully saturated rings. The van der Waals surface area contributed by atoms with Gasteiger partial charge in [0.25, 0.3) is 0 Å². The predicted molar refractivity (Wildman–Crippen MR) is 87.4 cm³/mol. The fourth-order valence-electron chi connectivity index (χ4n) is 2.28. The highest BCUT2D eigenvalue weighted by atomic mass is 35.5. The van der Waals surface area contributed by atoms with Crippen LogP contribution in [-0.4, -0.2) is 35.9 Å². The molecular weight excluding hydrogens is 324 g/mol. The lowest BCUT2D eigenvalue weighted by Gasteiger charge is -2.12. The summed E-state index contributed by atoms with van der Waals surface area (Å²) in [6.07, 6.45) is 2.23. The SMILES string of the molecule is O=S1(=O)CCC(Nc2ccnc(Nc3ccc(Cl)cc3)n2)C1. The van der Waals surface area contributed by atoms with Crippen LogP contribution in [0.1, 0.15) is 6.42 Å². The van der Waals surface area contributed by atoms with Crippen molar-refractivity contribution < 1.29 is 8.42 Å². The Bertz CT molecular complexity index is 765. The van der Waals surface area contributed by atoms with E-state index in [0.29, 0.717) is 23.2 Å². The van der Waals surface area contributed by atoms with Crippen molar-refractivity contribution in [2.24, 2.45) is 0 Å². The summed E-state index contributed by atoms with van der Waals surface area (Å²) in [5, 5.41) is 6.87. The van der Waals surface area contributed by atoms with Gasteiger partial charge < -0.3 is 10.6 Å². The molecule has 8 heteroatoms. The summed E-state index contributed by atoms with van der Waals surface area (Å²) in [4.78, 5) is 8.49. The van der Waals surface area contributed by atoms with Crippen molar-refractivity contribution in [3.8, 4) is 0 Å². The van der Waals surface area contributed by atoms with Gasteiger partial charge >= 0.3 is 0 Å². The molecule has 0 amide bonds. The molecule has 1 atom stereocenters. The van der Waals surface area contributed by atoms with Crippen molar-refractivity contribution in [2.75, 3.05) is 22.1 Å². The minimum Gasteiger partial charge on any atom is -0.366 e. The lowest BCUT2D eigenvalue weighted by Crippen LogP contribution is -2.21. The fraction of sp³-hybridized carbons (Fsp3) is 0.286. The van der Waals surface area contributed by atoms with Gasteiger partial charge in [0.1, 0.15) is 5.82 Å². The normalized spacial score (nSPS) is 19.8. The maximum atomic E-state index is 11.5. The number of sulfone groups is 1. The first-order chi connectivity index (χ1) is 10.5. The number of anilines is 3. The molecule has 0 spiro atoms. The van der Waals surface area contributed by atoms with E-state index in [2.05, 4.69) is 20.6 Å². The van der Waals surface area contributed by atoms with Crippen molar-refractivity contribution in [1.82, 2.24) is 9.97 Å². The van der Waals surface area contributed by atoms with E-state index in [9.17, 15) is 8.42 Å². The van der Waals surface area contributed by atoms with Crippen LogP contribution in [0.5, 0.6) is 0 Å². The van der Waals surface area contributed by atoms with Crippen LogP contribution >= 0.6 is 11.6 Å². The molecular formula is C14H15ClN4O2S. The third kappa shape index (κ3) is 3.86. The summed E-state index contributed by atoms with van der Waals surface area (Å²) in [6.45, 7) is 0. The molecule has 3 rings (SSSR count). The predicted octanol–water partition coefficient (Wildman–Crippen LogP) is 2.47. The summed E-state index contributed by atoms with van der Waals surface area (Å²) in [7, 11) is -2.91. The molecule has 2 N–H and O–H groups in total. The van der Waals surface area contributed by atoms with Gasteiger partial charge in [0.05, 0.1) is 11.5 Å². The van der Waals surface area contributed by atoms with Gasteiger partial charge in [-0.2, -0.15) is 4.98 Å². The number of benzene rings is 1. The second-order valence-electron chi connectivity index (χ2n) is 5.14. The third-order valence-electron chi connectivity index (χ3n) is 3.34. The molecule has 1 saturated heterocycles. The highest BCUT2D eigenvalue weighted by molar-refractivity contribution is 7.91. The number of nitrogens with one attached hydrogen (secondary N) is 2. The lowest BCUT2D eigenvalue weighted by molar-refractivity contribution is 0.602. The average Bonchev–Trinajstić information content (AvgIpc) is 2.81. The van der Waals surface area contributed by atoms with Crippen LogP contribution in [0.2, 0.25) is 5.02 Å². The largest absolute Gasteiger partial charge is 0.366 e. The van der Waals surface area contributed by atoms with Crippen LogP contribution in [0, 0.1) is 0 Å². The number of hydrogen-bond acceptors (Lipinski definition) is 6. The van der Waals surface area contributed by atoms with E-state index < -0.39 is 9.84 Å². The first-order valence-electron chi connectivity index (χ1n) is 6.83. The standard InChI is InChI=1S/C14H15ClN4O2S/c15-10-1-3-11(4-2-10)18-14-16-7-5-13(19-14)17-12-6-8-22(20,21)9-12/h1-5,7,12H,6,8-9H2,(H2,16,17,18,19). The molecule has 1 unspecified atom stereocenters. The Morgan fingerprint density at radius 2 is 1.95 bits per heavy atom. The molecule has 1 aromatic carbocycles. The molecule has 6 nitrogen and oxygen atoms in total. The molecule has 116 valence electrons. The number of nitrogens with zero attached hydrogens (tertiary/aromatic N) is 2. The summed E-state index contributed by atoms with van der Waals surface area (Å²) in [6, 6.07) is 8.83. The summed E-state index contributed by atoms with van der Waals surface area (Å²) in [5.41, 5.74) is 0.824. The second-order valence-corrected chi connectivity index (χ2v) is 7.81. The highest BCUT2D eigenvalue weighted by Gasteiger charge is 2.27. The Kier molecular flexibility index (Phi) is 4.17. The van der Waals surface area contributed by atoms with Crippen molar-refractivity contribution in [3.05, 3.63) is 41.6 Å². The van der Waals surface area contributed by atoms with Crippen molar-refractivity contribution in [1.29, 1.82) is 0 Å². The molecule has 1 aliphatic heterocycles. The smallest absolute Gasteiger partial charge is 0.229 e. The summed E-state index contributed by atoms with van der Waals surface area (Å²) in [5.74, 6) is 1.42. The summed E-state index contributed by atoms with van der Waals surface area (Å²) >= 11 is 5.84. The van der Waals surface area contributed by atoms with E-state index in [-0.39, 0.29) is 17.5 Å². The zero-order valence-corrected chi connectivity index (χ0v) is 13.2.